The Bertz CT molecular complexity index is 1140. The highest BCUT2D eigenvalue weighted by molar-refractivity contribution is 7.90. The summed E-state index contributed by atoms with van der Waals surface area (Å²) in [7, 11) is -1.59. The summed E-state index contributed by atoms with van der Waals surface area (Å²) in [6.07, 6.45) is 1.65. The van der Waals surface area contributed by atoms with E-state index in [2.05, 4.69) is 5.32 Å². The van der Waals surface area contributed by atoms with Gasteiger partial charge < -0.3 is 14.8 Å². The molecule has 1 N–H and O–H groups in total. The molecule has 2 aromatic rings. The number of carbonyl (C=O) groups is 3. The summed E-state index contributed by atoms with van der Waals surface area (Å²) in [4.78, 5) is 38.9. The molecule has 1 aliphatic heterocycles. The van der Waals surface area contributed by atoms with E-state index in [1.54, 1.807) is 31.4 Å². The van der Waals surface area contributed by atoms with E-state index in [0.717, 1.165) is 11.2 Å². The van der Waals surface area contributed by atoms with Crippen molar-refractivity contribution in [2.24, 2.45) is 0 Å². The molecule has 0 unspecified atom stereocenters. The predicted octanol–water partition coefficient (Wildman–Crippen LogP) is 1.99. The molecule has 0 aromatic heterocycles. The first-order valence-corrected chi connectivity index (χ1v) is 12.0. The van der Waals surface area contributed by atoms with Crippen LogP contribution in [0.15, 0.2) is 42.5 Å². The van der Waals surface area contributed by atoms with Gasteiger partial charge in [0.2, 0.25) is 0 Å². The highest BCUT2D eigenvalue weighted by Gasteiger charge is 2.35. The largest absolute Gasteiger partial charge is 0.492 e. The van der Waals surface area contributed by atoms with Crippen molar-refractivity contribution in [1.29, 1.82) is 0 Å². The molecular formula is C22H24N2O7S. The van der Waals surface area contributed by atoms with Gasteiger partial charge in [-0.1, -0.05) is 6.07 Å². The van der Waals surface area contributed by atoms with E-state index in [1.807, 2.05) is 0 Å². The maximum atomic E-state index is 12.7. The number of hydrogen-bond acceptors (Lipinski definition) is 7. The second-order valence-corrected chi connectivity index (χ2v) is 9.59. The number of anilines is 1. The zero-order valence-electron chi connectivity index (χ0n) is 17.8. The summed E-state index contributed by atoms with van der Waals surface area (Å²) in [6, 6.07) is 10.9. The Morgan fingerprint density at radius 1 is 1.03 bits per heavy atom. The molecule has 9 nitrogen and oxygen atoms in total. The van der Waals surface area contributed by atoms with Crippen LogP contribution in [-0.2, 0) is 14.6 Å². The molecule has 0 radical (unpaired) electrons. The van der Waals surface area contributed by atoms with E-state index in [1.165, 1.54) is 18.2 Å². The van der Waals surface area contributed by atoms with Crippen LogP contribution < -0.4 is 10.1 Å². The monoisotopic (exact) mass is 460 g/mol. The van der Waals surface area contributed by atoms with Gasteiger partial charge in [0.05, 0.1) is 16.9 Å². The fourth-order valence-electron chi connectivity index (χ4n) is 3.18. The summed E-state index contributed by atoms with van der Waals surface area (Å²) >= 11 is 0. The van der Waals surface area contributed by atoms with Crippen LogP contribution in [-0.4, -0.2) is 69.9 Å². The van der Waals surface area contributed by atoms with Crippen molar-refractivity contribution in [1.82, 2.24) is 4.90 Å². The van der Waals surface area contributed by atoms with Gasteiger partial charge >= 0.3 is 0 Å². The fourth-order valence-corrected chi connectivity index (χ4v) is 3.57. The number of carbonyl (C=O) groups excluding carboxylic acids is 3. The lowest BCUT2D eigenvalue weighted by Gasteiger charge is -2.12. The SMILES string of the molecule is COCCCN1C(=O)c2ccc(C(=O)Nc3cccc(OCCS(C)(=O)=O)c3)cc2C1=O. The smallest absolute Gasteiger partial charge is 0.261 e. The van der Waals surface area contributed by atoms with Crippen LogP contribution in [0, 0.1) is 0 Å². The number of amides is 3. The number of methoxy groups -OCH3 is 1. The Hall–Kier alpha value is -3.24. The molecule has 0 bridgehead atoms. The van der Waals surface area contributed by atoms with Gasteiger partial charge in [0.25, 0.3) is 17.7 Å². The third-order valence-electron chi connectivity index (χ3n) is 4.78. The molecule has 0 aliphatic carbocycles. The van der Waals surface area contributed by atoms with Crippen LogP contribution in [0.1, 0.15) is 37.5 Å². The van der Waals surface area contributed by atoms with E-state index >= 15 is 0 Å². The molecule has 170 valence electrons. The quantitative estimate of drug-likeness (QED) is 0.425. The van der Waals surface area contributed by atoms with Gasteiger partial charge in [-0.2, -0.15) is 0 Å². The minimum absolute atomic E-state index is 0.00191. The number of fused-ring (bicyclic) bond motifs is 1. The second kappa shape index (κ2) is 9.92. The van der Waals surface area contributed by atoms with Gasteiger partial charge in [-0.15, -0.1) is 0 Å². The topological polar surface area (TPSA) is 119 Å². The number of ether oxygens (including phenoxy) is 2. The Morgan fingerprint density at radius 3 is 2.50 bits per heavy atom. The van der Waals surface area contributed by atoms with Crippen LogP contribution in [0.2, 0.25) is 0 Å². The minimum Gasteiger partial charge on any atom is -0.492 e. The van der Waals surface area contributed by atoms with Crippen molar-refractivity contribution >= 4 is 33.2 Å². The van der Waals surface area contributed by atoms with Crippen LogP contribution in [0.25, 0.3) is 0 Å². The van der Waals surface area contributed by atoms with Crippen molar-refractivity contribution in [3.63, 3.8) is 0 Å². The first-order valence-electron chi connectivity index (χ1n) is 9.91. The molecule has 2 aromatic carbocycles. The van der Waals surface area contributed by atoms with E-state index in [4.69, 9.17) is 9.47 Å². The van der Waals surface area contributed by atoms with E-state index in [-0.39, 0.29) is 41.5 Å². The molecule has 0 saturated heterocycles. The van der Waals surface area contributed by atoms with Crippen LogP contribution in [0.5, 0.6) is 5.75 Å². The normalized spacial score (nSPS) is 13.2. The third kappa shape index (κ3) is 5.71. The maximum Gasteiger partial charge on any atom is 0.261 e. The Kier molecular flexibility index (Phi) is 7.26. The third-order valence-corrected chi connectivity index (χ3v) is 5.69. The van der Waals surface area contributed by atoms with Gasteiger partial charge in [0.1, 0.15) is 12.4 Å². The average molecular weight is 461 g/mol. The number of nitrogens with one attached hydrogen (secondary N) is 1. The van der Waals surface area contributed by atoms with E-state index in [0.29, 0.717) is 24.5 Å². The van der Waals surface area contributed by atoms with E-state index < -0.39 is 21.7 Å². The zero-order valence-corrected chi connectivity index (χ0v) is 18.6. The summed E-state index contributed by atoms with van der Waals surface area (Å²) in [5.41, 5.74) is 1.13. The molecule has 32 heavy (non-hydrogen) atoms. The molecule has 1 heterocycles. The molecule has 1 aliphatic rings. The molecule has 3 amide bonds. The molecular weight excluding hydrogens is 436 g/mol. The number of sulfone groups is 1. The zero-order chi connectivity index (χ0) is 23.3. The lowest BCUT2D eigenvalue weighted by atomic mass is 10.1. The average Bonchev–Trinajstić information content (AvgIpc) is 2.97. The first-order chi connectivity index (χ1) is 15.2. The van der Waals surface area contributed by atoms with Crippen molar-refractivity contribution in [3.8, 4) is 5.75 Å². The Morgan fingerprint density at radius 2 is 1.78 bits per heavy atom. The first kappa shape index (κ1) is 23.4. The van der Waals surface area contributed by atoms with Crippen molar-refractivity contribution in [2.45, 2.75) is 6.42 Å². The Labute approximate surface area is 186 Å². The molecule has 0 atom stereocenters. The van der Waals surface area contributed by atoms with Crippen molar-refractivity contribution in [3.05, 3.63) is 59.2 Å². The minimum atomic E-state index is -3.14. The highest BCUT2D eigenvalue weighted by atomic mass is 32.2. The number of nitrogens with zero attached hydrogens (tertiary/aromatic N) is 1. The Balaban J connectivity index is 1.68. The van der Waals surface area contributed by atoms with E-state index in [9.17, 15) is 22.8 Å². The second-order valence-electron chi connectivity index (χ2n) is 7.33. The van der Waals surface area contributed by atoms with Gasteiger partial charge in [-0.3, -0.25) is 19.3 Å². The summed E-state index contributed by atoms with van der Waals surface area (Å²) in [6.45, 7) is 0.671. The van der Waals surface area contributed by atoms with Crippen molar-refractivity contribution < 1.29 is 32.3 Å². The van der Waals surface area contributed by atoms with Gasteiger partial charge in [-0.05, 0) is 36.8 Å². The number of imide groups is 1. The maximum absolute atomic E-state index is 12.7. The molecule has 3 rings (SSSR count). The van der Waals surface area contributed by atoms with Gasteiger partial charge in [0.15, 0.2) is 9.84 Å². The van der Waals surface area contributed by atoms with Crippen LogP contribution >= 0.6 is 0 Å². The van der Waals surface area contributed by atoms with Gasteiger partial charge in [0, 0.05) is 43.8 Å². The van der Waals surface area contributed by atoms with Gasteiger partial charge in [-0.25, -0.2) is 8.42 Å². The number of hydrogen-bond donors (Lipinski definition) is 1. The highest BCUT2D eigenvalue weighted by Crippen LogP contribution is 2.25. The lowest BCUT2D eigenvalue weighted by molar-refractivity contribution is 0.0638. The summed E-state index contributed by atoms with van der Waals surface area (Å²) in [5.74, 6) is -0.982. The standard InChI is InChI=1S/C22H24N2O7S/c1-30-10-4-9-24-21(26)18-8-7-15(13-19(18)22(24)27)20(25)23-16-5-3-6-17(14-16)31-11-12-32(2,28)29/h3,5-8,13-14H,4,9-12H2,1-2H3,(H,23,25). The van der Waals surface area contributed by atoms with Crippen molar-refractivity contribution in [2.75, 3.05) is 44.2 Å². The summed E-state index contributed by atoms with van der Waals surface area (Å²) in [5, 5.41) is 2.71. The number of rotatable bonds is 10. The predicted molar refractivity (Wildman–Crippen MR) is 118 cm³/mol. The fraction of sp³-hybridized carbons (Fsp3) is 0.318. The molecule has 0 saturated carbocycles. The molecule has 10 heteroatoms. The number of benzene rings is 2. The molecule has 0 spiro atoms. The van der Waals surface area contributed by atoms with Crippen LogP contribution in [0.4, 0.5) is 5.69 Å². The van der Waals surface area contributed by atoms with Crippen LogP contribution in [0.3, 0.4) is 0 Å². The lowest BCUT2D eigenvalue weighted by Crippen LogP contribution is -2.31. The summed E-state index contributed by atoms with van der Waals surface area (Å²) < 4.78 is 32.8. The molecule has 0 fully saturated rings.